The molecule has 1 heterocycles. The van der Waals surface area contributed by atoms with Crippen LogP contribution in [0.25, 0.3) is 0 Å². The van der Waals surface area contributed by atoms with Crippen LogP contribution in [-0.2, 0) is 5.75 Å². The van der Waals surface area contributed by atoms with E-state index in [9.17, 15) is 4.79 Å². The van der Waals surface area contributed by atoms with Crippen molar-refractivity contribution in [3.8, 4) is 0 Å². The van der Waals surface area contributed by atoms with Gasteiger partial charge in [-0.1, -0.05) is 25.4 Å². The van der Waals surface area contributed by atoms with Crippen LogP contribution in [-0.4, -0.2) is 9.97 Å². The van der Waals surface area contributed by atoms with Gasteiger partial charge in [-0.15, -0.1) is 11.8 Å². The molecule has 106 valence electrons. The third kappa shape index (κ3) is 3.55. The van der Waals surface area contributed by atoms with E-state index in [0.717, 1.165) is 4.90 Å². The number of benzene rings is 1. The summed E-state index contributed by atoms with van der Waals surface area (Å²) in [6.45, 7) is 3.84. The number of nitrogen functional groups attached to an aromatic ring is 1. The molecule has 0 saturated carbocycles. The van der Waals surface area contributed by atoms with E-state index in [-0.39, 0.29) is 11.5 Å². The third-order valence-corrected chi connectivity index (χ3v) is 4.08. The van der Waals surface area contributed by atoms with Crippen molar-refractivity contribution in [2.24, 2.45) is 0 Å². The maximum absolute atomic E-state index is 12.0. The minimum absolute atomic E-state index is 0.0595. The van der Waals surface area contributed by atoms with Crippen LogP contribution in [0.4, 0.5) is 5.82 Å². The zero-order valence-corrected chi connectivity index (χ0v) is 12.9. The first-order valence-electron chi connectivity index (χ1n) is 6.24. The van der Waals surface area contributed by atoms with Gasteiger partial charge >= 0.3 is 0 Å². The summed E-state index contributed by atoms with van der Waals surface area (Å²) < 4.78 is 0. The second-order valence-electron chi connectivity index (χ2n) is 4.71. The van der Waals surface area contributed by atoms with Crippen LogP contribution in [0.1, 0.15) is 31.2 Å². The Hall–Kier alpha value is -1.46. The van der Waals surface area contributed by atoms with Gasteiger partial charge in [0.05, 0.1) is 11.3 Å². The van der Waals surface area contributed by atoms with E-state index >= 15 is 0 Å². The van der Waals surface area contributed by atoms with Crippen molar-refractivity contribution in [3.63, 3.8) is 0 Å². The molecule has 0 radical (unpaired) electrons. The number of thioether (sulfide) groups is 1. The summed E-state index contributed by atoms with van der Waals surface area (Å²) in [5.74, 6) is 1.51. The fraction of sp³-hybridized carbons (Fsp3) is 0.286. The fourth-order valence-corrected chi connectivity index (χ4v) is 2.75. The average molecular weight is 310 g/mol. The molecule has 0 fully saturated rings. The molecule has 0 saturated heterocycles. The number of nitrogens with zero attached hydrogens (tertiary/aromatic N) is 1. The van der Waals surface area contributed by atoms with Gasteiger partial charge < -0.3 is 10.7 Å². The molecule has 0 aliphatic carbocycles. The Morgan fingerprint density at radius 3 is 2.55 bits per heavy atom. The van der Waals surface area contributed by atoms with Crippen molar-refractivity contribution >= 4 is 29.2 Å². The molecule has 0 atom stereocenters. The highest BCUT2D eigenvalue weighted by molar-refractivity contribution is 7.98. The van der Waals surface area contributed by atoms with Crippen molar-refractivity contribution in [2.45, 2.75) is 30.4 Å². The van der Waals surface area contributed by atoms with E-state index in [1.54, 1.807) is 11.8 Å². The largest absolute Gasteiger partial charge is 0.383 e. The number of nitrogens with one attached hydrogen (secondary N) is 1. The lowest BCUT2D eigenvalue weighted by Crippen LogP contribution is -2.20. The Kier molecular flexibility index (Phi) is 4.73. The molecule has 3 N–H and O–H groups in total. The van der Waals surface area contributed by atoms with Crippen LogP contribution in [0.15, 0.2) is 34.0 Å². The highest BCUT2D eigenvalue weighted by Gasteiger charge is 2.12. The summed E-state index contributed by atoms with van der Waals surface area (Å²) in [7, 11) is 0. The molecule has 0 aliphatic rings. The van der Waals surface area contributed by atoms with Crippen molar-refractivity contribution in [2.75, 3.05) is 5.73 Å². The first kappa shape index (κ1) is 14.9. The van der Waals surface area contributed by atoms with Gasteiger partial charge in [-0.3, -0.25) is 4.79 Å². The summed E-state index contributed by atoms with van der Waals surface area (Å²) in [6, 6.07) is 7.51. The molecule has 4 nitrogen and oxygen atoms in total. The Morgan fingerprint density at radius 2 is 2.00 bits per heavy atom. The van der Waals surface area contributed by atoms with Crippen LogP contribution in [0.3, 0.4) is 0 Å². The first-order chi connectivity index (χ1) is 9.47. The smallest absolute Gasteiger partial charge is 0.256 e. The van der Waals surface area contributed by atoms with E-state index in [1.807, 2.05) is 38.1 Å². The monoisotopic (exact) mass is 309 g/mol. The maximum atomic E-state index is 12.0. The fourth-order valence-electron chi connectivity index (χ4n) is 1.86. The molecule has 2 aromatic rings. The van der Waals surface area contributed by atoms with Gasteiger partial charge in [0.25, 0.3) is 5.56 Å². The molecule has 0 spiro atoms. The van der Waals surface area contributed by atoms with Gasteiger partial charge in [0.1, 0.15) is 11.6 Å². The van der Waals surface area contributed by atoms with Crippen LogP contribution in [0.2, 0.25) is 5.02 Å². The zero-order chi connectivity index (χ0) is 14.7. The number of aromatic nitrogens is 2. The lowest BCUT2D eigenvalue weighted by molar-refractivity contribution is 0.824. The van der Waals surface area contributed by atoms with E-state index in [2.05, 4.69) is 9.97 Å². The summed E-state index contributed by atoms with van der Waals surface area (Å²) in [5, 5.41) is 0.700. The van der Waals surface area contributed by atoms with Crippen molar-refractivity contribution in [1.82, 2.24) is 9.97 Å². The molecule has 1 aromatic heterocycles. The number of aromatic amines is 1. The summed E-state index contributed by atoms with van der Waals surface area (Å²) in [5.41, 5.74) is 6.25. The Morgan fingerprint density at radius 1 is 1.35 bits per heavy atom. The second-order valence-corrected chi connectivity index (χ2v) is 6.19. The standard InChI is InChI=1S/C14H16ClN3OS/c1-8(2)12-13(16)17-11(18-14(12)19)7-20-10-5-3-9(15)4-6-10/h3-6,8H,7H2,1-2H3,(H3,16,17,18,19). The molecule has 0 bridgehead atoms. The number of nitrogens with two attached hydrogens (primary N) is 1. The molecular weight excluding hydrogens is 294 g/mol. The molecule has 2 rings (SSSR count). The predicted molar refractivity (Wildman–Crippen MR) is 84.4 cm³/mol. The van der Waals surface area contributed by atoms with Crippen molar-refractivity contribution < 1.29 is 0 Å². The van der Waals surface area contributed by atoms with E-state index in [4.69, 9.17) is 17.3 Å². The number of rotatable bonds is 4. The third-order valence-electron chi connectivity index (χ3n) is 2.80. The lowest BCUT2D eigenvalue weighted by Gasteiger charge is -2.09. The Bertz CT molecular complexity index is 652. The van der Waals surface area contributed by atoms with E-state index < -0.39 is 0 Å². The Labute approximate surface area is 126 Å². The molecule has 1 aromatic carbocycles. The van der Waals surface area contributed by atoms with Crippen molar-refractivity contribution in [3.05, 3.63) is 51.0 Å². The minimum Gasteiger partial charge on any atom is -0.383 e. The first-order valence-corrected chi connectivity index (χ1v) is 7.60. The maximum Gasteiger partial charge on any atom is 0.256 e. The quantitative estimate of drug-likeness (QED) is 0.849. The van der Waals surface area contributed by atoms with Crippen molar-refractivity contribution in [1.29, 1.82) is 0 Å². The summed E-state index contributed by atoms with van der Waals surface area (Å²) in [4.78, 5) is 20.1. The zero-order valence-electron chi connectivity index (χ0n) is 11.3. The predicted octanol–water partition coefficient (Wildman–Crippen LogP) is 3.42. The number of hydrogen-bond donors (Lipinski definition) is 2. The van der Waals surface area contributed by atoms with Gasteiger partial charge in [0.15, 0.2) is 0 Å². The Balaban J connectivity index is 2.15. The van der Waals surface area contributed by atoms with Gasteiger partial charge in [-0.2, -0.15) is 0 Å². The average Bonchev–Trinajstić information content (AvgIpc) is 2.37. The van der Waals surface area contributed by atoms with Crippen LogP contribution in [0.5, 0.6) is 0 Å². The van der Waals surface area contributed by atoms with E-state index in [1.165, 1.54) is 0 Å². The van der Waals surface area contributed by atoms with Gasteiger partial charge in [-0.25, -0.2) is 4.98 Å². The van der Waals surface area contributed by atoms with Crippen LogP contribution in [0, 0.1) is 0 Å². The van der Waals surface area contributed by atoms with E-state index in [0.29, 0.717) is 28.0 Å². The molecule has 0 unspecified atom stereocenters. The highest BCUT2D eigenvalue weighted by atomic mass is 35.5. The topological polar surface area (TPSA) is 71.8 Å². The van der Waals surface area contributed by atoms with Gasteiger partial charge in [-0.05, 0) is 30.2 Å². The molecule has 0 amide bonds. The molecule has 20 heavy (non-hydrogen) atoms. The lowest BCUT2D eigenvalue weighted by atomic mass is 10.1. The van der Waals surface area contributed by atoms with Gasteiger partial charge in [0.2, 0.25) is 0 Å². The molecular formula is C14H16ClN3OS. The number of anilines is 1. The highest BCUT2D eigenvalue weighted by Crippen LogP contribution is 2.23. The minimum atomic E-state index is -0.154. The molecule has 0 aliphatic heterocycles. The molecule has 6 heteroatoms. The summed E-state index contributed by atoms with van der Waals surface area (Å²) >= 11 is 7.40. The number of hydrogen-bond acceptors (Lipinski definition) is 4. The van der Waals surface area contributed by atoms with Crippen LogP contribution < -0.4 is 11.3 Å². The number of halogens is 1. The van der Waals surface area contributed by atoms with Crippen LogP contribution >= 0.6 is 23.4 Å². The summed E-state index contributed by atoms with van der Waals surface area (Å²) in [6.07, 6.45) is 0. The number of H-pyrrole nitrogens is 1. The second kappa shape index (κ2) is 6.33. The normalized spacial score (nSPS) is 11.0. The van der Waals surface area contributed by atoms with Gasteiger partial charge in [0, 0.05) is 9.92 Å². The SMILES string of the molecule is CC(C)c1c(N)nc(CSc2ccc(Cl)cc2)[nH]c1=O.